The maximum absolute atomic E-state index is 12.3. The van der Waals surface area contributed by atoms with Gasteiger partial charge in [-0.05, 0) is 116 Å². The molecule has 0 bridgehead atoms. The van der Waals surface area contributed by atoms with E-state index in [0.717, 1.165) is 5.92 Å². The Balaban J connectivity index is 0.000000226. The standard InChI is InChI=1S/C11H22N2.C10H19NO3.C7H2Cl3F3O2S/c1-2-9-13(8-1)10-5-11-3-6-12-7-4-11;1-10(2,3)14-9(13)11-6-4-8(12)5-7-11;8-4-1-3(7(11,12)13)2-5(9)6(4)16(10,14)15/h11-12H,1-10H2;8,12H,4-7H2,1-3H3;1-2H. The van der Waals surface area contributed by atoms with Crippen LogP contribution in [0.5, 0.6) is 0 Å². The molecule has 3 heterocycles. The van der Waals surface area contributed by atoms with E-state index < -0.39 is 41.3 Å². The van der Waals surface area contributed by atoms with Crippen molar-refractivity contribution >= 4 is 49.0 Å². The highest BCUT2D eigenvalue weighted by Gasteiger charge is 2.33. The van der Waals surface area contributed by atoms with Crippen molar-refractivity contribution < 1.29 is 36.2 Å². The lowest BCUT2D eigenvalue weighted by Crippen LogP contribution is -2.42. The minimum atomic E-state index is -4.66. The zero-order valence-corrected chi connectivity index (χ0v) is 27.9. The molecular formula is C28H43Cl3F3N3O5S. The van der Waals surface area contributed by atoms with Crippen LogP contribution in [-0.2, 0) is 20.0 Å². The van der Waals surface area contributed by atoms with Crippen LogP contribution in [0.4, 0.5) is 18.0 Å². The molecule has 15 heteroatoms. The Morgan fingerprint density at radius 2 is 1.51 bits per heavy atom. The summed E-state index contributed by atoms with van der Waals surface area (Å²) in [5, 5.41) is 11.3. The van der Waals surface area contributed by atoms with Gasteiger partial charge in [0, 0.05) is 23.8 Å². The normalized spacial score (nSPS) is 19.3. The van der Waals surface area contributed by atoms with Gasteiger partial charge in [0.1, 0.15) is 10.5 Å². The van der Waals surface area contributed by atoms with Crippen molar-refractivity contribution in [2.24, 2.45) is 5.92 Å². The van der Waals surface area contributed by atoms with Crippen LogP contribution >= 0.6 is 33.9 Å². The molecule has 0 spiro atoms. The second-order valence-electron chi connectivity index (χ2n) is 11.9. The van der Waals surface area contributed by atoms with Gasteiger partial charge >= 0.3 is 12.3 Å². The lowest BCUT2D eigenvalue weighted by molar-refractivity contribution is -0.137. The minimum Gasteiger partial charge on any atom is -0.444 e. The van der Waals surface area contributed by atoms with Gasteiger partial charge in [-0.25, -0.2) is 13.2 Å². The summed E-state index contributed by atoms with van der Waals surface area (Å²) < 4.78 is 63.9. The molecular weight excluding hydrogens is 654 g/mol. The van der Waals surface area contributed by atoms with Gasteiger partial charge in [-0.15, -0.1) is 0 Å². The quantitative estimate of drug-likeness (QED) is 0.335. The molecule has 0 atom stereocenters. The summed E-state index contributed by atoms with van der Waals surface area (Å²) in [6, 6.07) is 0.894. The third-order valence-corrected chi connectivity index (χ3v) is 9.41. The fraction of sp³-hybridized carbons (Fsp3) is 0.750. The molecule has 1 amide bonds. The number of aliphatic hydroxyl groups is 1. The first-order valence-electron chi connectivity index (χ1n) is 14.5. The fourth-order valence-corrected chi connectivity index (χ4v) is 7.29. The van der Waals surface area contributed by atoms with Crippen molar-refractivity contribution in [2.45, 2.75) is 88.5 Å². The second kappa shape index (κ2) is 17.1. The number of nitrogens with one attached hydrogen (secondary N) is 1. The molecule has 8 nitrogen and oxygen atoms in total. The SMILES string of the molecule is C1CCN(CCC2CCNCC2)C1.CC(C)(C)OC(=O)N1CCC(O)CC1.O=S(=O)(Cl)c1c(Cl)cc(C(F)(F)F)cc1Cl. The molecule has 43 heavy (non-hydrogen) atoms. The van der Waals surface area contributed by atoms with Crippen molar-refractivity contribution in [3.63, 3.8) is 0 Å². The highest BCUT2D eigenvalue weighted by Crippen LogP contribution is 2.38. The van der Waals surface area contributed by atoms with E-state index in [2.05, 4.69) is 10.2 Å². The van der Waals surface area contributed by atoms with E-state index in [-0.39, 0.29) is 12.2 Å². The van der Waals surface area contributed by atoms with Crippen LogP contribution in [-0.4, -0.2) is 86.9 Å². The third kappa shape index (κ3) is 14.3. The fourth-order valence-electron chi connectivity index (χ4n) is 4.87. The molecule has 2 N–H and O–H groups in total. The number of alkyl halides is 3. The van der Waals surface area contributed by atoms with Gasteiger partial charge in [0.25, 0.3) is 9.05 Å². The van der Waals surface area contributed by atoms with Gasteiger partial charge in [0.2, 0.25) is 0 Å². The number of amides is 1. The van der Waals surface area contributed by atoms with E-state index in [0.29, 0.717) is 38.1 Å². The predicted octanol–water partition coefficient (Wildman–Crippen LogP) is 6.79. The van der Waals surface area contributed by atoms with Gasteiger partial charge < -0.3 is 25.0 Å². The summed E-state index contributed by atoms with van der Waals surface area (Å²) in [7, 11) is 0.672. The Kier molecular flexibility index (Phi) is 15.1. The number of aliphatic hydroxyl groups excluding tert-OH is 1. The molecule has 248 valence electrons. The van der Waals surface area contributed by atoms with Gasteiger partial charge in [0.05, 0.1) is 21.7 Å². The molecule has 3 aliphatic heterocycles. The number of ether oxygens (including phenoxy) is 1. The molecule has 0 aliphatic carbocycles. The molecule has 0 saturated carbocycles. The number of benzene rings is 1. The number of hydrogen-bond acceptors (Lipinski definition) is 7. The first-order valence-corrected chi connectivity index (χ1v) is 17.5. The summed E-state index contributed by atoms with van der Waals surface area (Å²) in [4.78, 5) is 15.1. The van der Waals surface area contributed by atoms with Gasteiger partial charge in [-0.3, -0.25) is 0 Å². The van der Waals surface area contributed by atoms with Crippen molar-refractivity contribution in [3.8, 4) is 0 Å². The summed E-state index contributed by atoms with van der Waals surface area (Å²) in [5.41, 5.74) is -1.58. The summed E-state index contributed by atoms with van der Waals surface area (Å²) in [6.07, 6.45) is 3.25. The van der Waals surface area contributed by atoms with Crippen molar-refractivity contribution in [2.75, 3.05) is 45.8 Å². The Hall–Kier alpha value is -1.02. The smallest absolute Gasteiger partial charge is 0.416 e. The number of carbonyl (C=O) groups excluding carboxylic acids is 1. The average molecular weight is 697 g/mol. The van der Waals surface area contributed by atoms with Crippen LogP contribution < -0.4 is 5.32 Å². The van der Waals surface area contributed by atoms with E-state index in [4.69, 9.17) is 38.6 Å². The van der Waals surface area contributed by atoms with Crippen molar-refractivity contribution in [1.29, 1.82) is 0 Å². The van der Waals surface area contributed by atoms with Crippen LogP contribution in [0.15, 0.2) is 17.0 Å². The Morgan fingerprint density at radius 3 is 1.95 bits per heavy atom. The zero-order chi connectivity index (χ0) is 32.4. The molecule has 1 aromatic rings. The van der Waals surface area contributed by atoms with Crippen molar-refractivity contribution in [3.05, 3.63) is 27.7 Å². The zero-order valence-electron chi connectivity index (χ0n) is 24.9. The molecule has 0 aromatic heterocycles. The van der Waals surface area contributed by atoms with Crippen LogP contribution in [0, 0.1) is 5.92 Å². The summed E-state index contributed by atoms with van der Waals surface area (Å²) >= 11 is 10.8. The van der Waals surface area contributed by atoms with Crippen LogP contribution in [0.3, 0.4) is 0 Å². The number of hydrogen-bond donors (Lipinski definition) is 2. The lowest BCUT2D eigenvalue weighted by atomic mass is 9.94. The number of piperidine rings is 2. The molecule has 1 aromatic carbocycles. The van der Waals surface area contributed by atoms with E-state index in [9.17, 15) is 31.5 Å². The Labute approximate surface area is 267 Å². The van der Waals surface area contributed by atoms with E-state index >= 15 is 0 Å². The molecule has 3 aliphatic rings. The highest BCUT2D eigenvalue weighted by molar-refractivity contribution is 8.14. The maximum atomic E-state index is 12.3. The highest BCUT2D eigenvalue weighted by atomic mass is 35.7. The number of halogens is 6. The van der Waals surface area contributed by atoms with Crippen LogP contribution in [0.1, 0.15) is 71.3 Å². The monoisotopic (exact) mass is 695 g/mol. The van der Waals surface area contributed by atoms with E-state index in [1.54, 1.807) is 4.90 Å². The van der Waals surface area contributed by atoms with E-state index in [1.807, 2.05) is 20.8 Å². The number of likely N-dealkylation sites (tertiary alicyclic amines) is 2. The third-order valence-electron chi connectivity index (χ3n) is 7.20. The van der Waals surface area contributed by atoms with E-state index in [1.165, 1.54) is 64.8 Å². The van der Waals surface area contributed by atoms with Crippen molar-refractivity contribution in [1.82, 2.24) is 15.1 Å². The largest absolute Gasteiger partial charge is 0.444 e. The number of carbonyl (C=O) groups is 1. The maximum Gasteiger partial charge on any atom is 0.416 e. The first kappa shape index (κ1) is 38.2. The van der Waals surface area contributed by atoms with Gasteiger partial charge in [-0.1, -0.05) is 23.2 Å². The molecule has 3 saturated heterocycles. The predicted molar refractivity (Wildman–Crippen MR) is 163 cm³/mol. The second-order valence-corrected chi connectivity index (χ2v) is 15.3. The molecule has 3 fully saturated rings. The van der Waals surface area contributed by atoms with Gasteiger partial charge in [0.15, 0.2) is 0 Å². The number of nitrogens with zero attached hydrogens (tertiary/aromatic N) is 2. The van der Waals surface area contributed by atoms with Crippen LogP contribution in [0.2, 0.25) is 10.0 Å². The van der Waals surface area contributed by atoms with Gasteiger partial charge in [-0.2, -0.15) is 13.2 Å². The molecule has 4 rings (SSSR count). The summed E-state index contributed by atoms with van der Waals surface area (Å²) in [6.45, 7) is 13.3. The number of rotatable bonds is 4. The Morgan fingerprint density at radius 1 is 1.00 bits per heavy atom. The topological polar surface area (TPSA) is 99.2 Å². The summed E-state index contributed by atoms with van der Waals surface area (Å²) in [5.74, 6) is 1.02. The Bertz CT molecular complexity index is 1110. The minimum absolute atomic E-state index is 0.256. The lowest BCUT2D eigenvalue weighted by Gasteiger charge is -2.31. The van der Waals surface area contributed by atoms with Crippen LogP contribution in [0.25, 0.3) is 0 Å². The molecule has 0 radical (unpaired) electrons. The average Bonchev–Trinajstić information content (AvgIpc) is 3.40. The first-order chi connectivity index (χ1) is 19.9. The molecule has 0 unspecified atom stereocenters.